The van der Waals surface area contributed by atoms with Gasteiger partial charge in [0.1, 0.15) is 0 Å². The first-order chi connectivity index (χ1) is 6.94. The van der Waals surface area contributed by atoms with Gasteiger partial charge in [-0.3, -0.25) is 0 Å². The van der Waals surface area contributed by atoms with Crippen molar-refractivity contribution in [3.63, 3.8) is 0 Å². The van der Waals surface area contributed by atoms with Crippen molar-refractivity contribution < 1.29 is 4.43 Å². The summed E-state index contributed by atoms with van der Waals surface area (Å²) in [5, 5.41) is 9.09. The normalized spacial score (nSPS) is 13.3. The fraction of sp³-hybridized carbons (Fsp3) is 0.364. The molecule has 1 atom stereocenters. The summed E-state index contributed by atoms with van der Waals surface area (Å²) in [5.41, 5.74) is 0.905. The maximum Gasteiger partial charge on any atom is 0.186 e. The van der Waals surface area contributed by atoms with E-state index in [2.05, 4.69) is 41.6 Å². The lowest BCUT2D eigenvalue weighted by Gasteiger charge is -2.22. The first-order valence-electron chi connectivity index (χ1n) is 4.76. The smallest absolute Gasteiger partial charge is 0.186 e. The van der Waals surface area contributed by atoms with E-state index in [9.17, 15) is 0 Å². The summed E-state index contributed by atoms with van der Waals surface area (Å²) < 4.78 is 6.73. The third-order valence-corrected chi connectivity index (χ3v) is 3.44. The third kappa shape index (κ3) is 3.78. The van der Waals surface area contributed by atoms with Gasteiger partial charge in [-0.15, -0.1) is 0 Å². The zero-order valence-corrected chi connectivity index (χ0v) is 11.7. The predicted octanol–water partition coefficient (Wildman–Crippen LogP) is 3.87. The van der Waals surface area contributed by atoms with E-state index in [0.717, 1.165) is 10.0 Å². The highest BCUT2D eigenvalue weighted by Gasteiger charge is 2.23. The maximum atomic E-state index is 9.09. The van der Waals surface area contributed by atoms with Crippen LogP contribution < -0.4 is 0 Å². The largest absolute Gasteiger partial charge is 0.399 e. The number of halogens is 1. The van der Waals surface area contributed by atoms with Gasteiger partial charge in [0.2, 0.25) is 0 Å². The SMILES string of the molecule is C[Si](C)(C)O[C@H](C#N)c1ccccc1Br. The summed E-state index contributed by atoms with van der Waals surface area (Å²) in [5.74, 6) is 0. The monoisotopic (exact) mass is 283 g/mol. The van der Waals surface area contributed by atoms with Gasteiger partial charge in [0, 0.05) is 10.0 Å². The molecule has 0 fully saturated rings. The Morgan fingerprint density at radius 1 is 1.33 bits per heavy atom. The minimum Gasteiger partial charge on any atom is -0.399 e. The summed E-state index contributed by atoms with van der Waals surface area (Å²) in [6, 6.07) is 9.88. The van der Waals surface area contributed by atoms with Crippen LogP contribution in [0.3, 0.4) is 0 Å². The Labute approximate surface area is 100 Å². The Hall–Kier alpha value is -0.633. The number of benzene rings is 1. The fourth-order valence-corrected chi connectivity index (χ4v) is 2.58. The molecule has 0 heterocycles. The van der Waals surface area contributed by atoms with Gasteiger partial charge in [0.15, 0.2) is 14.4 Å². The predicted molar refractivity (Wildman–Crippen MR) is 66.9 cm³/mol. The molecular weight excluding hydrogens is 270 g/mol. The molecule has 1 rings (SSSR count). The number of rotatable bonds is 3. The van der Waals surface area contributed by atoms with Crippen LogP contribution in [0.25, 0.3) is 0 Å². The van der Waals surface area contributed by atoms with Crippen molar-refractivity contribution in [2.75, 3.05) is 0 Å². The van der Waals surface area contributed by atoms with E-state index in [-0.39, 0.29) is 0 Å². The van der Waals surface area contributed by atoms with Crippen molar-refractivity contribution in [1.82, 2.24) is 0 Å². The van der Waals surface area contributed by atoms with E-state index < -0.39 is 14.4 Å². The van der Waals surface area contributed by atoms with Crippen LogP contribution in [-0.2, 0) is 4.43 Å². The highest BCUT2D eigenvalue weighted by molar-refractivity contribution is 9.10. The van der Waals surface area contributed by atoms with Gasteiger partial charge in [0.05, 0.1) is 6.07 Å². The van der Waals surface area contributed by atoms with Gasteiger partial charge in [-0.2, -0.15) is 5.26 Å². The van der Waals surface area contributed by atoms with Crippen LogP contribution >= 0.6 is 15.9 Å². The van der Waals surface area contributed by atoms with Gasteiger partial charge >= 0.3 is 0 Å². The Morgan fingerprint density at radius 2 is 1.93 bits per heavy atom. The zero-order chi connectivity index (χ0) is 11.5. The van der Waals surface area contributed by atoms with Crippen molar-refractivity contribution in [2.45, 2.75) is 25.7 Å². The summed E-state index contributed by atoms with van der Waals surface area (Å²) in [7, 11) is -1.69. The number of hydrogen-bond acceptors (Lipinski definition) is 2. The molecular formula is C11H14BrNOSi. The Morgan fingerprint density at radius 3 is 2.40 bits per heavy atom. The lowest BCUT2D eigenvalue weighted by molar-refractivity contribution is 0.254. The molecule has 0 saturated heterocycles. The van der Waals surface area contributed by atoms with Crippen LogP contribution in [0.2, 0.25) is 19.6 Å². The quantitative estimate of drug-likeness (QED) is 0.789. The molecule has 0 aliphatic heterocycles. The summed E-state index contributed by atoms with van der Waals surface area (Å²) >= 11 is 3.43. The Balaban J connectivity index is 2.95. The maximum absolute atomic E-state index is 9.09. The molecule has 0 aromatic heterocycles. The first-order valence-corrected chi connectivity index (χ1v) is 8.96. The van der Waals surface area contributed by atoms with E-state index in [1.165, 1.54) is 0 Å². The van der Waals surface area contributed by atoms with E-state index in [4.69, 9.17) is 9.69 Å². The van der Waals surface area contributed by atoms with Crippen molar-refractivity contribution in [1.29, 1.82) is 5.26 Å². The average Bonchev–Trinajstić information content (AvgIpc) is 2.14. The molecule has 0 aliphatic rings. The Kier molecular flexibility index (Phi) is 4.09. The van der Waals surface area contributed by atoms with Gasteiger partial charge < -0.3 is 4.43 Å². The number of nitriles is 1. The molecule has 2 nitrogen and oxygen atoms in total. The molecule has 0 bridgehead atoms. The van der Waals surface area contributed by atoms with Crippen molar-refractivity contribution in [2.24, 2.45) is 0 Å². The highest BCUT2D eigenvalue weighted by Crippen LogP contribution is 2.27. The fourth-order valence-electron chi connectivity index (χ4n) is 1.20. The molecule has 15 heavy (non-hydrogen) atoms. The second-order valence-corrected chi connectivity index (χ2v) is 9.58. The summed E-state index contributed by atoms with van der Waals surface area (Å²) in [4.78, 5) is 0. The molecule has 0 aliphatic carbocycles. The van der Waals surface area contributed by atoms with Crippen LogP contribution in [-0.4, -0.2) is 8.32 Å². The standard InChI is InChI=1S/C11H14BrNOSi/c1-15(2,3)14-11(8-13)9-6-4-5-7-10(9)12/h4-7,11H,1-3H3/t11-/m1/s1. The van der Waals surface area contributed by atoms with Gasteiger partial charge in [-0.25, -0.2) is 0 Å². The van der Waals surface area contributed by atoms with Crippen LogP contribution in [0.1, 0.15) is 11.7 Å². The molecule has 0 saturated carbocycles. The molecule has 0 spiro atoms. The summed E-state index contributed by atoms with van der Waals surface area (Å²) in [6.45, 7) is 6.23. The minimum absolute atomic E-state index is 0.466. The van der Waals surface area contributed by atoms with Crippen LogP contribution in [0.4, 0.5) is 0 Å². The van der Waals surface area contributed by atoms with E-state index in [0.29, 0.717) is 0 Å². The van der Waals surface area contributed by atoms with E-state index in [1.807, 2.05) is 24.3 Å². The number of hydrogen-bond donors (Lipinski definition) is 0. The van der Waals surface area contributed by atoms with Gasteiger partial charge in [0.25, 0.3) is 0 Å². The summed E-state index contributed by atoms with van der Waals surface area (Å²) in [6.07, 6.45) is -0.466. The van der Waals surface area contributed by atoms with Crippen LogP contribution in [0, 0.1) is 11.3 Å². The molecule has 1 aromatic rings. The number of nitrogens with zero attached hydrogens (tertiary/aromatic N) is 1. The molecule has 0 amide bonds. The first kappa shape index (κ1) is 12.4. The van der Waals surface area contributed by atoms with Gasteiger partial charge in [-0.1, -0.05) is 34.1 Å². The zero-order valence-electron chi connectivity index (χ0n) is 9.12. The van der Waals surface area contributed by atoms with E-state index in [1.54, 1.807) is 0 Å². The van der Waals surface area contributed by atoms with Crippen molar-refractivity contribution in [3.05, 3.63) is 34.3 Å². The minimum atomic E-state index is -1.69. The van der Waals surface area contributed by atoms with Crippen LogP contribution in [0.5, 0.6) is 0 Å². The molecule has 1 aromatic carbocycles. The third-order valence-electron chi connectivity index (χ3n) is 1.78. The second kappa shape index (κ2) is 4.93. The topological polar surface area (TPSA) is 33.0 Å². The molecule has 80 valence electrons. The molecule has 4 heteroatoms. The van der Waals surface area contributed by atoms with E-state index >= 15 is 0 Å². The average molecular weight is 284 g/mol. The second-order valence-electron chi connectivity index (χ2n) is 4.26. The highest BCUT2D eigenvalue weighted by atomic mass is 79.9. The molecule has 0 N–H and O–H groups in total. The van der Waals surface area contributed by atoms with Crippen LogP contribution in [0.15, 0.2) is 28.7 Å². The van der Waals surface area contributed by atoms with Crippen molar-refractivity contribution in [3.8, 4) is 6.07 Å². The lowest BCUT2D eigenvalue weighted by Crippen LogP contribution is -2.27. The molecule has 0 radical (unpaired) electrons. The van der Waals surface area contributed by atoms with Gasteiger partial charge in [-0.05, 0) is 25.7 Å². The Bertz CT molecular complexity index is 381. The van der Waals surface area contributed by atoms with Crippen molar-refractivity contribution >= 4 is 24.2 Å². The molecule has 0 unspecified atom stereocenters. The lowest BCUT2D eigenvalue weighted by atomic mass is 10.1.